The first kappa shape index (κ1) is 13.9. The average molecular weight is 248 g/mol. The molecule has 0 aliphatic carbocycles. The summed E-state index contributed by atoms with van der Waals surface area (Å²) < 4.78 is 37.9. The zero-order chi connectivity index (χ0) is 13.1. The summed E-state index contributed by atoms with van der Waals surface area (Å²) in [5, 5.41) is 0. The summed E-state index contributed by atoms with van der Waals surface area (Å²) in [7, 11) is 0. The molecule has 98 valence electrons. The van der Waals surface area contributed by atoms with Crippen molar-refractivity contribution in [1.29, 1.82) is 0 Å². The lowest BCUT2D eigenvalue weighted by Crippen LogP contribution is -2.27. The second-order valence-corrected chi connectivity index (χ2v) is 4.49. The van der Waals surface area contributed by atoms with Crippen LogP contribution in [0.1, 0.15) is 37.6 Å². The smallest absolute Gasteiger partial charge is 0.323 e. The maximum Gasteiger partial charge on any atom is 0.389 e. The molecule has 1 atom stereocenters. The van der Waals surface area contributed by atoms with Gasteiger partial charge in [-0.05, 0) is 45.7 Å². The van der Waals surface area contributed by atoms with E-state index in [1.807, 2.05) is 37.6 Å². The number of halogens is 3. The lowest BCUT2D eigenvalue weighted by atomic mass is 10.1. The molecule has 1 heterocycles. The van der Waals surface area contributed by atoms with Crippen molar-refractivity contribution in [3.63, 3.8) is 0 Å². The summed E-state index contributed by atoms with van der Waals surface area (Å²) in [5.74, 6) is 0. The summed E-state index contributed by atoms with van der Waals surface area (Å²) >= 11 is 0. The first-order valence-electron chi connectivity index (χ1n) is 5.78. The highest BCUT2D eigenvalue weighted by Gasteiger charge is 2.26. The summed E-state index contributed by atoms with van der Waals surface area (Å²) in [4.78, 5) is 0. The molecule has 0 fully saturated rings. The minimum Gasteiger partial charge on any atom is -0.323 e. The van der Waals surface area contributed by atoms with E-state index in [0.29, 0.717) is 6.42 Å². The molecule has 0 spiro atoms. The molecule has 0 aromatic carbocycles. The van der Waals surface area contributed by atoms with Gasteiger partial charge in [-0.1, -0.05) is 0 Å². The third-order valence-corrected chi connectivity index (χ3v) is 2.72. The van der Waals surface area contributed by atoms with E-state index < -0.39 is 12.6 Å². The molecule has 1 rings (SSSR count). The zero-order valence-corrected chi connectivity index (χ0v) is 10.4. The van der Waals surface area contributed by atoms with Crippen molar-refractivity contribution < 1.29 is 13.2 Å². The monoisotopic (exact) mass is 248 g/mol. The highest BCUT2D eigenvalue weighted by atomic mass is 19.4. The molecule has 5 heteroatoms. The fraction of sp³-hybridized carbons (Fsp3) is 0.667. The van der Waals surface area contributed by atoms with E-state index in [4.69, 9.17) is 0 Å². The van der Waals surface area contributed by atoms with Gasteiger partial charge in [0, 0.05) is 23.9 Å². The molecule has 0 saturated heterocycles. The van der Waals surface area contributed by atoms with E-state index in [1.54, 1.807) is 0 Å². The van der Waals surface area contributed by atoms with E-state index in [0.717, 1.165) is 11.4 Å². The predicted molar refractivity (Wildman–Crippen MR) is 62.6 cm³/mol. The molecule has 0 bridgehead atoms. The van der Waals surface area contributed by atoms with Gasteiger partial charge in [0.15, 0.2) is 0 Å². The van der Waals surface area contributed by atoms with Crippen molar-refractivity contribution in [2.24, 2.45) is 0 Å². The molecular formula is C12H19F3N2. The zero-order valence-electron chi connectivity index (χ0n) is 10.4. The van der Waals surface area contributed by atoms with Crippen molar-refractivity contribution in [3.05, 3.63) is 23.5 Å². The Morgan fingerprint density at radius 1 is 1.24 bits per heavy atom. The molecule has 0 radical (unpaired) electrons. The fourth-order valence-corrected chi connectivity index (χ4v) is 1.77. The minimum atomic E-state index is -4.04. The first-order valence-corrected chi connectivity index (χ1v) is 5.78. The van der Waals surface area contributed by atoms with Crippen molar-refractivity contribution >= 4 is 0 Å². The van der Waals surface area contributed by atoms with E-state index in [2.05, 4.69) is 5.43 Å². The number of rotatable bonds is 5. The maximum absolute atomic E-state index is 12.0. The van der Waals surface area contributed by atoms with Gasteiger partial charge in [-0.15, -0.1) is 0 Å². The van der Waals surface area contributed by atoms with Gasteiger partial charge in [0.05, 0.1) is 0 Å². The number of alkyl halides is 3. The Morgan fingerprint density at radius 3 is 2.24 bits per heavy atom. The summed E-state index contributed by atoms with van der Waals surface area (Å²) in [6.07, 6.45) is -4.07. The predicted octanol–water partition coefficient (Wildman–Crippen LogP) is 3.77. The highest BCUT2D eigenvalue weighted by molar-refractivity contribution is 5.15. The van der Waals surface area contributed by atoms with Crippen LogP contribution in [0.15, 0.2) is 12.1 Å². The Labute approximate surface area is 99.8 Å². The maximum atomic E-state index is 12.0. The molecule has 0 saturated carbocycles. The van der Waals surface area contributed by atoms with Gasteiger partial charge >= 0.3 is 6.18 Å². The van der Waals surface area contributed by atoms with E-state index in [-0.39, 0.29) is 12.5 Å². The van der Waals surface area contributed by atoms with Gasteiger partial charge in [-0.2, -0.15) is 13.2 Å². The van der Waals surface area contributed by atoms with Crippen LogP contribution in [0.5, 0.6) is 0 Å². The largest absolute Gasteiger partial charge is 0.389 e. The van der Waals surface area contributed by atoms with Gasteiger partial charge < -0.3 is 5.43 Å². The van der Waals surface area contributed by atoms with Gasteiger partial charge in [0.1, 0.15) is 0 Å². The van der Waals surface area contributed by atoms with Crippen LogP contribution < -0.4 is 5.43 Å². The Hall–Kier alpha value is -1.13. The molecule has 1 N–H and O–H groups in total. The van der Waals surface area contributed by atoms with E-state index in [9.17, 15) is 13.2 Å². The summed E-state index contributed by atoms with van der Waals surface area (Å²) in [6, 6.07) is 3.98. The average Bonchev–Trinajstić information content (AvgIpc) is 2.47. The lowest BCUT2D eigenvalue weighted by molar-refractivity contribution is -0.135. The quantitative estimate of drug-likeness (QED) is 0.839. The molecular weight excluding hydrogens is 229 g/mol. The molecule has 1 aromatic rings. The van der Waals surface area contributed by atoms with Crippen LogP contribution in [-0.2, 0) is 0 Å². The highest BCUT2D eigenvalue weighted by Crippen LogP contribution is 2.22. The molecule has 0 aliphatic rings. The minimum absolute atomic E-state index is 0.0298. The van der Waals surface area contributed by atoms with Crippen LogP contribution in [0.25, 0.3) is 0 Å². The van der Waals surface area contributed by atoms with Crippen molar-refractivity contribution in [1.82, 2.24) is 4.68 Å². The van der Waals surface area contributed by atoms with Crippen molar-refractivity contribution in [2.75, 3.05) is 5.43 Å². The van der Waals surface area contributed by atoms with Crippen LogP contribution in [0.2, 0.25) is 0 Å². The van der Waals surface area contributed by atoms with Crippen LogP contribution in [-0.4, -0.2) is 16.9 Å². The Kier molecular flexibility index (Phi) is 4.48. The van der Waals surface area contributed by atoms with Crippen LogP contribution >= 0.6 is 0 Å². The first-order chi connectivity index (χ1) is 7.79. The third-order valence-electron chi connectivity index (χ3n) is 2.72. The van der Waals surface area contributed by atoms with E-state index >= 15 is 0 Å². The standard InChI is InChI=1S/C12H19F3N2/c1-9(5-4-8-12(13,14)15)16-17-10(2)6-7-11(17)3/h6-7,9,16H,4-5,8H2,1-3H3. The van der Waals surface area contributed by atoms with Crippen molar-refractivity contribution in [2.45, 2.75) is 52.3 Å². The second-order valence-electron chi connectivity index (χ2n) is 4.49. The van der Waals surface area contributed by atoms with Crippen LogP contribution in [0, 0.1) is 13.8 Å². The molecule has 17 heavy (non-hydrogen) atoms. The molecule has 1 unspecified atom stereocenters. The fourth-order valence-electron chi connectivity index (χ4n) is 1.77. The van der Waals surface area contributed by atoms with Crippen molar-refractivity contribution in [3.8, 4) is 0 Å². The topological polar surface area (TPSA) is 17.0 Å². The molecule has 0 amide bonds. The Bertz CT molecular complexity index is 336. The van der Waals surface area contributed by atoms with E-state index in [1.165, 1.54) is 0 Å². The summed E-state index contributed by atoms with van der Waals surface area (Å²) in [6.45, 7) is 5.82. The Balaban J connectivity index is 2.38. The van der Waals surface area contributed by atoms with Crippen LogP contribution in [0.3, 0.4) is 0 Å². The molecule has 1 aromatic heterocycles. The molecule has 0 aliphatic heterocycles. The normalized spacial score (nSPS) is 13.8. The second kappa shape index (κ2) is 5.47. The van der Waals surface area contributed by atoms with Gasteiger partial charge in [-0.3, -0.25) is 4.68 Å². The van der Waals surface area contributed by atoms with Gasteiger partial charge in [0.2, 0.25) is 0 Å². The number of aromatic nitrogens is 1. The number of aryl methyl sites for hydroxylation is 2. The lowest BCUT2D eigenvalue weighted by Gasteiger charge is -2.19. The van der Waals surface area contributed by atoms with Crippen LogP contribution in [0.4, 0.5) is 13.2 Å². The van der Waals surface area contributed by atoms with Gasteiger partial charge in [0.25, 0.3) is 0 Å². The number of nitrogens with one attached hydrogen (secondary N) is 1. The summed E-state index contributed by atoms with van der Waals surface area (Å²) in [5.41, 5.74) is 5.31. The number of hydrogen-bond acceptors (Lipinski definition) is 1. The Morgan fingerprint density at radius 2 is 1.76 bits per heavy atom. The SMILES string of the molecule is Cc1ccc(C)n1NC(C)CCCC(F)(F)F. The number of hydrogen-bond donors (Lipinski definition) is 1. The molecule has 2 nitrogen and oxygen atoms in total. The third kappa shape index (κ3) is 4.71. The van der Waals surface area contributed by atoms with Gasteiger partial charge in [-0.25, -0.2) is 0 Å². The number of nitrogens with zero attached hydrogens (tertiary/aromatic N) is 1.